The Morgan fingerprint density at radius 2 is 1.50 bits per heavy atom. The minimum absolute atomic E-state index is 0.201. The molecular weight excluding hydrogens is 350 g/mol. The first-order valence-corrected chi connectivity index (χ1v) is 9.09. The number of carboxylic acid groups (broad SMARTS) is 1. The second-order valence-corrected chi connectivity index (χ2v) is 6.46. The molecule has 5 heteroatoms. The van der Waals surface area contributed by atoms with Crippen LogP contribution in [0.4, 0.5) is 5.82 Å². The van der Waals surface area contributed by atoms with Crippen LogP contribution < -0.4 is 5.32 Å². The van der Waals surface area contributed by atoms with Gasteiger partial charge in [0, 0.05) is 11.9 Å². The van der Waals surface area contributed by atoms with Crippen LogP contribution in [-0.2, 0) is 6.42 Å². The number of para-hydroxylation sites is 1. The van der Waals surface area contributed by atoms with E-state index in [1.54, 1.807) is 6.07 Å². The van der Waals surface area contributed by atoms with Gasteiger partial charge in [-0.1, -0.05) is 66.7 Å². The Morgan fingerprint density at radius 3 is 2.25 bits per heavy atom. The van der Waals surface area contributed by atoms with Gasteiger partial charge in [-0.05, 0) is 35.2 Å². The van der Waals surface area contributed by atoms with Crippen LogP contribution in [0.1, 0.15) is 16.2 Å². The molecule has 0 amide bonds. The van der Waals surface area contributed by atoms with Crippen molar-refractivity contribution in [3.05, 3.63) is 90.3 Å². The zero-order valence-corrected chi connectivity index (χ0v) is 15.2. The van der Waals surface area contributed by atoms with Gasteiger partial charge >= 0.3 is 5.97 Å². The predicted molar refractivity (Wildman–Crippen MR) is 111 cm³/mol. The molecule has 28 heavy (non-hydrogen) atoms. The first-order valence-electron chi connectivity index (χ1n) is 9.09. The van der Waals surface area contributed by atoms with Crippen molar-refractivity contribution < 1.29 is 9.90 Å². The van der Waals surface area contributed by atoms with Crippen molar-refractivity contribution in [3.8, 4) is 11.1 Å². The molecule has 1 heterocycles. The minimum Gasteiger partial charge on any atom is -0.475 e. The molecule has 0 saturated heterocycles. The summed E-state index contributed by atoms with van der Waals surface area (Å²) in [5, 5.41) is 13.3. The summed E-state index contributed by atoms with van der Waals surface area (Å²) in [5.74, 6) is -0.789. The highest BCUT2D eigenvalue weighted by molar-refractivity contribution is 5.93. The highest BCUT2D eigenvalue weighted by Crippen LogP contribution is 2.21. The van der Waals surface area contributed by atoms with E-state index in [0.717, 1.165) is 11.8 Å². The number of nitrogens with one attached hydrogen (secondary N) is 1. The number of carboxylic acids is 1. The van der Waals surface area contributed by atoms with Crippen molar-refractivity contribution >= 4 is 22.7 Å². The lowest BCUT2D eigenvalue weighted by Gasteiger charge is -2.10. The van der Waals surface area contributed by atoms with E-state index in [9.17, 15) is 9.90 Å². The maximum Gasteiger partial charge on any atom is 0.374 e. The third-order valence-corrected chi connectivity index (χ3v) is 4.56. The smallest absolute Gasteiger partial charge is 0.374 e. The van der Waals surface area contributed by atoms with Crippen molar-refractivity contribution in [2.24, 2.45) is 0 Å². The Kier molecular flexibility index (Phi) is 4.97. The van der Waals surface area contributed by atoms with Gasteiger partial charge in [-0.25, -0.2) is 14.8 Å². The lowest BCUT2D eigenvalue weighted by atomic mass is 10.0. The highest BCUT2D eigenvalue weighted by Gasteiger charge is 2.12. The topological polar surface area (TPSA) is 75.1 Å². The number of hydrogen-bond donors (Lipinski definition) is 2. The number of anilines is 1. The summed E-state index contributed by atoms with van der Waals surface area (Å²) < 4.78 is 0. The summed E-state index contributed by atoms with van der Waals surface area (Å²) in [4.78, 5) is 19.5. The van der Waals surface area contributed by atoms with E-state index in [1.165, 1.54) is 16.7 Å². The number of hydrogen-bond acceptors (Lipinski definition) is 4. The molecule has 0 spiro atoms. The Balaban J connectivity index is 1.47. The number of aromatic nitrogens is 2. The SMILES string of the molecule is O=C(O)c1nc(NCCc2ccc(-c3ccccc3)cc2)c2ccccc2n1. The van der Waals surface area contributed by atoms with Crippen molar-refractivity contribution in [2.45, 2.75) is 6.42 Å². The first kappa shape index (κ1) is 17.7. The molecule has 4 aromatic rings. The summed E-state index contributed by atoms with van der Waals surface area (Å²) in [7, 11) is 0. The third-order valence-electron chi connectivity index (χ3n) is 4.56. The van der Waals surface area contributed by atoms with E-state index < -0.39 is 5.97 Å². The zero-order chi connectivity index (χ0) is 19.3. The van der Waals surface area contributed by atoms with Crippen LogP contribution in [0.25, 0.3) is 22.0 Å². The molecular formula is C23H19N3O2. The molecule has 0 aliphatic carbocycles. The summed E-state index contributed by atoms with van der Waals surface area (Å²) in [5.41, 5.74) is 4.19. The van der Waals surface area contributed by atoms with Crippen LogP contribution in [0.5, 0.6) is 0 Å². The zero-order valence-electron chi connectivity index (χ0n) is 15.2. The second kappa shape index (κ2) is 7.88. The molecule has 0 radical (unpaired) electrons. The summed E-state index contributed by atoms with van der Waals surface area (Å²) in [6.45, 7) is 0.644. The van der Waals surface area contributed by atoms with Gasteiger partial charge in [-0.2, -0.15) is 0 Å². The number of aromatic carboxylic acids is 1. The second-order valence-electron chi connectivity index (χ2n) is 6.46. The monoisotopic (exact) mass is 369 g/mol. The molecule has 2 N–H and O–H groups in total. The Labute approximate surface area is 162 Å². The summed E-state index contributed by atoms with van der Waals surface area (Å²) >= 11 is 0. The molecule has 0 atom stereocenters. The number of nitrogens with zero attached hydrogens (tertiary/aromatic N) is 2. The molecule has 0 aliphatic heterocycles. The van der Waals surface area contributed by atoms with Gasteiger partial charge in [0.1, 0.15) is 5.82 Å². The fourth-order valence-corrected chi connectivity index (χ4v) is 3.13. The van der Waals surface area contributed by atoms with Gasteiger partial charge in [0.15, 0.2) is 0 Å². The molecule has 0 bridgehead atoms. The molecule has 0 fully saturated rings. The van der Waals surface area contributed by atoms with E-state index in [1.807, 2.05) is 36.4 Å². The third kappa shape index (κ3) is 3.83. The van der Waals surface area contributed by atoms with Gasteiger partial charge < -0.3 is 10.4 Å². The fourth-order valence-electron chi connectivity index (χ4n) is 3.13. The predicted octanol–water partition coefficient (Wildman–Crippen LogP) is 4.65. The molecule has 5 nitrogen and oxygen atoms in total. The van der Waals surface area contributed by atoms with Crippen molar-refractivity contribution in [1.82, 2.24) is 9.97 Å². The summed E-state index contributed by atoms with van der Waals surface area (Å²) in [6, 6.07) is 26.1. The lowest BCUT2D eigenvalue weighted by molar-refractivity contribution is 0.0684. The standard InChI is InChI=1S/C23H19N3O2/c27-23(28)22-25-20-9-5-4-8-19(20)21(26-22)24-15-14-16-10-12-18(13-11-16)17-6-2-1-3-7-17/h1-13H,14-15H2,(H,27,28)(H,24,25,26). The van der Waals surface area contributed by atoms with Crippen LogP contribution in [0.2, 0.25) is 0 Å². The first-order chi connectivity index (χ1) is 13.7. The molecule has 3 aromatic carbocycles. The minimum atomic E-state index is -1.13. The van der Waals surface area contributed by atoms with Gasteiger partial charge in [0.05, 0.1) is 5.52 Å². The van der Waals surface area contributed by atoms with Gasteiger partial charge in [-0.3, -0.25) is 0 Å². The van der Waals surface area contributed by atoms with E-state index in [-0.39, 0.29) is 5.82 Å². The van der Waals surface area contributed by atoms with Crippen LogP contribution in [0.3, 0.4) is 0 Å². The average molecular weight is 369 g/mol. The number of rotatable bonds is 6. The molecule has 0 aliphatic rings. The van der Waals surface area contributed by atoms with Gasteiger partial charge in [0.25, 0.3) is 0 Å². The van der Waals surface area contributed by atoms with Crippen molar-refractivity contribution in [3.63, 3.8) is 0 Å². The van der Waals surface area contributed by atoms with Crippen LogP contribution in [0, 0.1) is 0 Å². The Hall–Kier alpha value is -3.73. The van der Waals surface area contributed by atoms with Crippen molar-refractivity contribution in [2.75, 3.05) is 11.9 Å². The lowest BCUT2D eigenvalue weighted by Crippen LogP contribution is -2.11. The van der Waals surface area contributed by atoms with E-state index in [0.29, 0.717) is 17.9 Å². The van der Waals surface area contributed by atoms with E-state index in [2.05, 4.69) is 51.7 Å². The molecule has 0 unspecified atom stereocenters. The van der Waals surface area contributed by atoms with Crippen LogP contribution >= 0.6 is 0 Å². The van der Waals surface area contributed by atoms with Crippen molar-refractivity contribution in [1.29, 1.82) is 0 Å². The van der Waals surface area contributed by atoms with Gasteiger partial charge in [0.2, 0.25) is 5.82 Å². The van der Waals surface area contributed by atoms with Gasteiger partial charge in [-0.15, -0.1) is 0 Å². The normalized spacial score (nSPS) is 10.7. The molecule has 4 rings (SSSR count). The average Bonchev–Trinajstić information content (AvgIpc) is 2.74. The maximum absolute atomic E-state index is 11.3. The maximum atomic E-state index is 11.3. The van der Waals surface area contributed by atoms with E-state index >= 15 is 0 Å². The number of fused-ring (bicyclic) bond motifs is 1. The molecule has 0 saturated carbocycles. The highest BCUT2D eigenvalue weighted by atomic mass is 16.4. The van der Waals surface area contributed by atoms with E-state index in [4.69, 9.17) is 0 Å². The van der Waals surface area contributed by atoms with Crippen LogP contribution in [-0.4, -0.2) is 27.6 Å². The Bertz CT molecular complexity index is 1110. The summed E-state index contributed by atoms with van der Waals surface area (Å²) in [6.07, 6.45) is 0.801. The fraction of sp³-hybridized carbons (Fsp3) is 0.0870. The quantitative estimate of drug-likeness (QED) is 0.517. The largest absolute Gasteiger partial charge is 0.475 e. The number of benzene rings is 3. The molecule has 138 valence electrons. The van der Waals surface area contributed by atoms with Crippen LogP contribution in [0.15, 0.2) is 78.9 Å². The molecule has 1 aromatic heterocycles. The Morgan fingerprint density at radius 1 is 0.821 bits per heavy atom. The number of carbonyl (C=O) groups is 1.